The van der Waals surface area contributed by atoms with Gasteiger partial charge in [-0.1, -0.05) is 12.1 Å². The smallest absolute Gasteiger partial charge is 0.487 e. The van der Waals surface area contributed by atoms with Gasteiger partial charge in [0.25, 0.3) is 0 Å². The molecule has 1 aromatic carbocycles. The molecule has 24 heavy (non-hydrogen) atoms. The first-order chi connectivity index (χ1) is 11.3. The quantitative estimate of drug-likeness (QED) is 0.716. The lowest BCUT2D eigenvalue weighted by atomic mass is 9.78. The minimum atomic E-state index is -0.954. The van der Waals surface area contributed by atoms with Crippen LogP contribution in [0.3, 0.4) is 0 Å². The van der Waals surface area contributed by atoms with Gasteiger partial charge in [-0.3, -0.25) is 0 Å². The Hall–Kier alpha value is -1.11. The van der Waals surface area contributed by atoms with E-state index in [4.69, 9.17) is 14.0 Å². The van der Waals surface area contributed by atoms with Gasteiger partial charge in [0, 0.05) is 25.3 Å². The van der Waals surface area contributed by atoms with E-state index in [0.29, 0.717) is 18.7 Å². The molecule has 4 nitrogen and oxygen atoms in total. The van der Waals surface area contributed by atoms with Crippen molar-refractivity contribution in [3.05, 3.63) is 24.3 Å². The highest BCUT2D eigenvalue weighted by Gasteiger charge is 2.29. The molecule has 1 aliphatic heterocycles. The number of ether oxygens (including phenoxy) is 1. The van der Waals surface area contributed by atoms with Crippen molar-refractivity contribution in [1.29, 1.82) is 0 Å². The number of likely N-dealkylation sites (tertiary alicyclic amines) is 1. The Balaban J connectivity index is 2.00. The van der Waals surface area contributed by atoms with Gasteiger partial charge in [-0.2, -0.15) is 0 Å². The molecule has 2 atom stereocenters. The summed E-state index contributed by atoms with van der Waals surface area (Å²) in [5.74, 6) is 0.684. The summed E-state index contributed by atoms with van der Waals surface area (Å²) in [6, 6.07) is 7.57. The van der Waals surface area contributed by atoms with Crippen LogP contribution in [0, 0.1) is 0 Å². The second kappa shape index (κ2) is 8.83. The molecule has 0 spiro atoms. The van der Waals surface area contributed by atoms with E-state index in [2.05, 4.69) is 0 Å². The number of benzene rings is 1. The average Bonchev–Trinajstić information content (AvgIpc) is 2.49. The molecule has 1 aliphatic rings. The number of hydrogen-bond donors (Lipinski definition) is 0. The van der Waals surface area contributed by atoms with Crippen LogP contribution in [0.2, 0.25) is 0 Å². The topological polar surface area (TPSA) is 30.9 Å². The fourth-order valence-corrected chi connectivity index (χ4v) is 2.73. The predicted molar refractivity (Wildman–Crippen MR) is 95.7 cm³/mol. The maximum absolute atomic E-state index is 14.1. The van der Waals surface area contributed by atoms with Crippen molar-refractivity contribution in [2.75, 3.05) is 20.1 Å². The third-order valence-corrected chi connectivity index (χ3v) is 3.92. The summed E-state index contributed by atoms with van der Waals surface area (Å²) in [6.45, 7) is 9.21. The Morgan fingerprint density at radius 1 is 1.08 bits per heavy atom. The first kappa shape index (κ1) is 19.2. The third-order valence-electron chi connectivity index (χ3n) is 3.92. The molecule has 1 saturated heterocycles. The summed E-state index contributed by atoms with van der Waals surface area (Å²) < 4.78 is 31.6. The van der Waals surface area contributed by atoms with Crippen molar-refractivity contribution in [3.8, 4) is 5.75 Å². The van der Waals surface area contributed by atoms with E-state index in [1.54, 1.807) is 0 Å². The van der Waals surface area contributed by atoms with Crippen LogP contribution in [0.25, 0.3) is 0 Å². The predicted octanol–water partition coefficient (Wildman–Crippen LogP) is 2.65. The fraction of sp³-hybridized carbons (Fsp3) is 0.667. The van der Waals surface area contributed by atoms with Crippen LogP contribution in [-0.4, -0.2) is 56.6 Å². The summed E-state index contributed by atoms with van der Waals surface area (Å²) in [5, 5.41) is 0. The lowest BCUT2D eigenvalue weighted by Crippen LogP contribution is -2.45. The fourth-order valence-electron chi connectivity index (χ4n) is 2.73. The Labute approximate surface area is 145 Å². The van der Waals surface area contributed by atoms with Crippen LogP contribution < -0.4 is 10.2 Å². The number of alkyl halides is 1. The molecule has 6 heteroatoms. The summed E-state index contributed by atoms with van der Waals surface area (Å²) in [7, 11) is 1.53. The summed E-state index contributed by atoms with van der Waals surface area (Å²) >= 11 is 0. The van der Waals surface area contributed by atoms with Crippen LogP contribution in [-0.2, 0) is 9.31 Å². The number of rotatable bonds is 7. The molecule has 2 rings (SSSR count). The van der Waals surface area contributed by atoms with Gasteiger partial charge in [-0.05, 0) is 58.8 Å². The third kappa shape index (κ3) is 5.76. The normalized spacial score (nSPS) is 22.2. The van der Waals surface area contributed by atoms with Crippen molar-refractivity contribution in [2.45, 2.75) is 58.6 Å². The first-order valence-corrected chi connectivity index (χ1v) is 8.75. The zero-order valence-electron chi connectivity index (χ0n) is 15.4. The van der Waals surface area contributed by atoms with Gasteiger partial charge in [0.2, 0.25) is 0 Å². The molecule has 0 amide bonds. The second-order valence-electron chi connectivity index (χ2n) is 6.99. The molecule has 1 fully saturated rings. The van der Waals surface area contributed by atoms with Crippen molar-refractivity contribution in [3.63, 3.8) is 0 Å². The van der Waals surface area contributed by atoms with Crippen molar-refractivity contribution >= 4 is 12.6 Å². The molecule has 0 unspecified atom stereocenters. The number of piperidine rings is 1. The summed E-state index contributed by atoms with van der Waals surface area (Å²) in [4.78, 5) is 1.99. The van der Waals surface area contributed by atoms with E-state index in [1.165, 1.54) is 0 Å². The van der Waals surface area contributed by atoms with E-state index < -0.39 is 13.3 Å². The average molecular weight is 337 g/mol. The Bertz CT molecular complexity index is 488. The van der Waals surface area contributed by atoms with Crippen molar-refractivity contribution in [1.82, 2.24) is 4.90 Å². The van der Waals surface area contributed by atoms with Gasteiger partial charge in [-0.25, -0.2) is 4.39 Å². The van der Waals surface area contributed by atoms with Gasteiger partial charge in [-0.15, -0.1) is 0 Å². The molecule has 0 radical (unpaired) electrons. The molecule has 134 valence electrons. The highest BCUT2D eigenvalue weighted by atomic mass is 19.1. The van der Waals surface area contributed by atoms with Gasteiger partial charge in [0.1, 0.15) is 18.0 Å². The maximum atomic E-state index is 14.1. The molecular weight excluding hydrogens is 308 g/mol. The lowest BCUT2D eigenvalue weighted by Gasteiger charge is -2.32. The van der Waals surface area contributed by atoms with E-state index in [-0.39, 0.29) is 18.3 Å². The monoisotopic (exact) mass is 337 g/mol. The SMILES string of the molecule is CC(C)OB(OC(C)C)c1ccc(O[C@H]2CCN(C)C[C@H]2F)cc1. The summed E-state index contributed by atoms with van der Waals surface area (Å²) in [6.07, 6.45) is -0.492. The molecule has 0 N–H and O–H groups in total. The number of hydrogen-bond acceptors (Lipinski definition) is 4. The van der Waals surface area contributed by atoms with E-state index in [1.807, 2.05) is 63.9 Å². The van der Waals surface area contributed by atoms with Crippen molar-refractivity contribution < 1.29 is 18.4 Å². The largest absolute Gasteiger partial charge is 0.494 e. The standard InChI is InChI=1S/C18H29BFNO3/c1-13(2)23-19(24-14(3)4)15-6-8-16(9-7-15)22-18-10-11-21(5)12-17(18)20/h6-9,13-14,17-18H,10-12H2,1-5H3/t17-,18+/m1/s1. The summed E-state index contributed by atoms with van der Waals surface area (Å²) in [5.41, 5.74) is 0.935. The minimum absolute atomic E-state index is 0.0659. The number of halogens is 1. The molecule has 0 bridgehead atoms. The number of nitrogens with zero attached hydrogens (tertiary/aromatic N) is 1. The highest BCUT2D eigenvalue weighted by Crippen LogP contribution is 2.20. The highest BCUT2D eigenvalue weighted by molar-refractivity contribution is 6.61. The Morgan fingerprint density at radius 3 is 2.17 bits per heavy atom. The molecule has 0 aliphatic carbocycles. The van der Waals surface area contributed by atoms with Crippen LogP contribution in [0.4, 0.5) is 4.39 Å². The van der Waals surface area contributed by atoms with E-state index in [9.17, 15) is 4.39 Å². The second-order valence-corrected chi connectivity index (χ2v) is 6.99. The minimum Gasteiger partial charge on any atom is -0.487 e. The Morgan fingerprint density at radius 2 is 1.67 bits per heavy atom. The van der Waals surface area contributed by atoms with E-state index >= 15 is 0 Å². The van der Waals surface area contributed by atoms with Crippen LogP contribution in [0.15, 0.2) is 24.3 Å². The van der Waals surface area contributed by atoms with Crippen LogP contribution in [0.1, 0.15) is 34.1 Å². The molecular formula is C18H29BFNO3. The lowest BCUT2D eigenvalue weighted by molar-refractivity contribution is 0.0313. The van der Waals surface area contributed by atoms with Gasteiger partial charge >= 0.3 is 7.12 Å². The first-order valence-electron chi connectivity index (χ1n) is 8.75. The Kier molecular flexibility index (Phi) is 7.08. The van der Waals surface area contributed by atoms with Crippen LogP contribution >= 0.6 is 0 Å². The molecule has 0 aromatic heterocycles. The maximum Gasteiger partial charge on any atom is 0.494 e. The zero-order valence-corrected chi connectivity index (χ0v) is 15.4. The molecule has 1 heterocycles. The molecule has 0 saturated carbocycles. The zero-order chi connectivity index (χ0) is 17.7. The molecule has 1 aromatic rings. The van der Waals surface area contributed by atoms with Gasteiger partial charge < -0.3 is 18.9 Å². The van der Waals surface area contributed by atoms with E-state index in [0.717, 1.165) is 12.0 Å². The van der Waals surface area contributed by atoms with Crippen LogP contribution in [0.5, 0.6) is 5.75 Å². The van der Waals surface area contributed by atoms with Crippen molar-refractivity contribution in [2.24, 2.45) is 0 Å². The van der Waals surface area contributed by atoms with Gasteiger partial charge in [0.15, 0.2) is 0 Å². The van der Waals surface area contributed by atoms with Gasteiger partial charge in [0.05, 0.1) is 0 Å².